The number of aromatic amines is 1. The van der Waals surface area contributed by atoms with E-state index in [9.17, 15) is 9.59 Å². The van der Waals surface area contributed by atoms with E-state index in [-0.39, 0.29) is 22.8 Å². The van der Waals surface area contributed by atoms with Gasteiger partial charge >= 0.3 is 5.97 Å². The summed E-state index contributed by atoms with van der Waals surface area (Å²) in [4.78, 5) is 29.7. The molecule has 0 fully saturated rings. The van der Waals surface area contributed by atoms with Crippen molar-refractivity contribution in [3.8, 4) is 0 Å². The van der Waals surface area contributed by atoms with Gasteiger partial charge in [0.05, 0.1) is 12.4 Å². The predicted octanol–water partition coefficient (Wildman–Crippen LogP) is 1.39. The molecule has 6 nitrogen and oxygen atoms in total. The smallest absolute Gasteiger partial charge is 0.342 e. The minimum absolute atomic E-state index is 0.135. The van der Waals surface area contributed by atoms with E-state index in [1.165, 1.54) is 6.33 Å². The lowest BCUT2D eigenvalue weighted by Crippen LogP contribution is -2.15. The van der Waals surface area contributed by atoms with Crippen LogP contribution in [-0.4, -0.2) is 22.0 Å². The molecule has 0 atom stereocenters. The highest BCUT2D eigenvalue weighted by molar-refractivity contribution is 6.03. The molecule has 90 valence electrons. The second-order valence-corrected chi connectivity index (χ2v) is 3.90. The van der Waals surface area contributed by atoms with Crippen LogP contribution in [0.5, 0.6) is 0 Å². The standard InChI is InChI=1S/C11H12N2O4/c1-5(2)16-11(15)7-6(3)17-10-8(7)9(14)12-4-13-10/h4-5H,1-3H3,(H,12,13,14). The van der Waals surface area contributed by atoms with Gasteiger partial charge in [0.1, 0.15) is 16.7 Å². The van der Waals surface area contributed by atoms with Gasteiger partial charge in [0.2, 0.25) is 5.71 Å². The van der Waals surface area contributed by atoms with Gasteiger partial charge in [-0.05, 0) is 20.8 Å². The Morgan fingerprint density at radius 1 is 1.53 bits per heavy atom. The Kier molecular flexibility index (Phi) is 2.71. The maximum atomic E-state index is 11.8. The second-order valence-electron chi connectivity index (χ2n) is 3.90. The maximum Gasteiger partial charge on any atom is 0.342 e. The molecule has 0 unspecified atom stereocenters. The Morgan fingerprint density at radius 3 is 2.88 bits per heavy atom. The number of nitrogens with one attached hydrogen (secondary N) is 1. The number of nitrogens with zero attached hydrogens (tertiary/aromatic N) is 1. The first-order valence-electron chi connectivity index (χ1n) is 5.18. The van der Waals surface area contributed by atoms with Crippen LogP contribution in [0.4, 0.5) is 0 Å². The highest BCUT2D eigenvalue weighted by Gasteiger charge is 2.23. The Hall–Kier alpha value is -2.11. The minimum Gasteiger partial charge on any atom is -0.459 e. The van der Waals surface area contributed by atoms with Crippen molar-refractivity contribution in [2.75, 3.05) is 0 Å². The Bertz CT molecular complexity index is 624. The van der Waals surface area contributed by atoms with Crippen LogP contribution in [0.25, 0.3) is 11.1 Å². The van der Waals surface area contributed by atoms with Crippen LogP contribution in [0, 0.1) is 6.92 Å². The van der Waals surface area contributed by atoms with Gasteiger partial charge in [-0.1, -0.05) is 0 Å². The predicted molar refractivity (Wildman–Crippen MR) is 59.9 cm³/mol. The molecular formula is C11H12N2O4. The fourth-order valence-electron chi connectivity index (χ4n) is 1.57. The molecular weight excluding hydrogens is 224 g/mol. The molecule has 0 spiro atoms. The molecule has 6 heteroatoms. The first kappa shape index (κ1) is 11.4. The summed E-state index contributed by atoms with van der Waals surface area (Å²) in [5.41, 5.74) is -0.132. The summed E-state index contributed by atoms with van der Waals surface area (Å²) in [6.07, 6.45) is 0.966. The van der Waals surface area contributed by atoms with Crippen LogP contribution in [0.1, 0.15) is 30.0 Å². The Labute approximate surface area is 96.6 Å². The van der Waals surface area contributed by atoms with Gasteiger partial charge in [0.25, 0.3) is 5.56 Å². The minimum atomic E-state index is -0.574. The monoisotopic (exact) mass is 236 g/mol. The lowest BCUT2D eigenvalue weighted by Gasteiger charge is -2.06. The van der Waals surface area contributed by atoms with Crippen molar-refractivity contribution in [2.24, 2.45) is 0 Å². The molecule has 1 N–H and O–H groups in total. The van der Waals surface area contributed by atoms with Crippen LogP contribution in [-0.2, 0) is 4.74 Å². The van der Waals surface area contributed by atoms with E-state index < -0.39 is 11.5 Å². The number of fused-ring (bicyclic) bond motifs is 1. The van der Waals surface area contributed by atoms with Gasteiger partial charge in [-0.25, -0.2) is 9.78 Å². The number of furan rings is 1. The normalized spacial score (nSPS) is 11.1. The summed E-state index contributed by atoms with van der Waals surface area (Å²) >= 11 is 0. The molecule has 2 heterocycles. The van der Waals surface area contributed by atoms with E-state index in [1.807, 2.05) is 0 Å². The average Bonchev–Trinajstić information content (AvgIpc) is 2.54. The molecule has 0 aliphatic carbocycles. The van der Waals surface area contributed by atoms with Crippen molar-refractivity contribution in [2.45, 2.75) is 26.9 Å². The van der Waals surface area contributed by atoms with Gasteiger partial charge in [0, 0.05) is 0 Å². The third-order valence-corrected chi connectivity index (χ3v) is 2.22. The van der Waals surface area contributed by atoms with Crippen molar-refractivity contribution in [1.29, 1.82) is 0 Å². The van der Waals surface area contributed by atoms with Crippen LogP contribution in [0.3, 0.4) is 0 Å². The third-order valence-electron chi connectivity index (χ3n) is 2.22. The molecule has 2 aromatic heterocycles. The lowest BCUT2D eigenvalue weighted by molar-refractivity contribution is 0.0378. The number of carbonyl (C=O) groups is 1. The summed E-state index contributed by atoms with van der Waals surface area (Å²) in [5, 5.41) is 0.135. The summed E-state index contributed by atoms with van der Waals surface area (Å²) in [5.74, 6) is -0.246. The van der Waals surface area contributed by atoms with E-state index in [2.05, 4.69) is 9.97 Å². The fraction of sp³-hybridized carbons (Fsp3) is 0.364. The molecule has 0 saturated carbocycles. The number of carbonyl (C=O) groups excluding carboxylic acids is 1. The molecule has 0 amide bonds. The number of hydrogen-bond donors (Lipinski definition) is 1. The molecule has 0 saturated heterocycles. The van der Waals surface area contributed by atoms with E-state index >= 15 is 0 Å². The second kappa shape index (κ2) is 4.04. The molecule has 17 heavy (non-hydrogen) atoms. The van der Waals surface area contributed by atoms with E-state index in [1.54, 1.807) is 20.8 Å². The number of H-pyrrole nitrogens is 1. The third kappa shape index (κ3) is 1.93. The summed E-state index contributed by atoms with van der Waals surface area (Å²) in [6, 6.07) is 0. The zero-order valence-corrected chi connectivity index (χ0v) is 9.73. The van der Waals surface area contributed by atoms with Crippen LogP contribution in [0.15, 0.2) is 15.5 Å². The van der Waals surface area contributed by atoms with E-state index in [0.29, 0.717) is 5.76 Å². The van der Waals surface area contributed by atoms with Gasteiger partial charge in [-0.2, -0.15) is 0 Å². The first-order valence-corrected chi connectivity index (χ1v) is 5.18. The van der Waals surface area contributed by atoms with Crippen LogP contribution in [0.2, 0.25) is 0 Å². The van der Waals surface area contributed by atoms with Gasteiger partial charge in [-0.3, -0.25) is 4.79 Å². The van der Waals surface area contributed by atoms with Crippen LogP contribution < -0.4 is 5.56 Å². The summed E-state index contributed by atoms with van der Waals surface area (Å²) in [6.45, 7) is 5.06. The Balaban J connectivity index is 2.64. The zero-order valence-electron chi connectivity index (χ0n) is 9.73. The summed E-state index contributed by atoms with van der Waals surface area (Å²) in [7, 11) is 0. The molecule has 0 aromatic carbocycles. The lowest BCUT2D eigenvalue weighted by atomic mass is 10.2. The largest absolute Gasteiger partial charge is 0.459 e. The van der Waals surface area contributed by atoms with Crippen molar-refractivity contribution in [3.63, 3.8) is 0 Å². The number of aryl methyl sites for hydroxylation is 1. The van der Waals surface area contributed by atoms with Crippen molar-refractivity contribution in [1.82, 2.24) is 9.97 Å². The van der Waals surface area contributed by atoms with Crippen molar-refractivity contribution < 1.29 is 13.9 Å². The highest BCUT2D eigenvalue weighted by atomic mass is 16.5. The maximum absolute atomic E-state index is 11.8. The molecule has 2 aromatic rings. The number of aromatic nitrogens is 2. The summed E-state index contributed by atoms with van der Waals surface area (Å²) < 4.78 is 10.3. The first-order chi connectivity index (χ1) is 8.00. The highest BCUT2D eigenvalue weighted by Crippen LogP contribution is 2.21. The van der Waals surface area contributed by atoms with Gasteiger partial charge in [0.15, 0.2) is 0 Å². The molecule has 2 rings (SSSR count). The Morgan fingerprint density at radius 2 is 2.24 bits per heavy atom. The number of ether oxygens (including phenoxy) is 1. The zero-order chi connectivity index (χ0) is 12.6. The molecule has 0 bridgehead atoms. The average molecular weight is 236 g/mol. The van der Waals surface area contributed by atoms with E-state index in [0.717, 1.165) is 0 Å². The van der Waals surface area contributed by atoms with Gasteiger partial charge in [-0.15, -0.1) is 0 Å². The van der Waals surface area contributed by atoms with Crippen LogP contribution >= 0.6 is 0 Å². The number of rotatable bonds is 2. The SMILES string of the molecule is Cc1oc2nc[nH]c(=O)c2c1C(=O)OC(C)C. The molecule has 0 aliphatic heterocycles. The quantitative estimate of drug-likeness (QED) is 0.796. The van der Waals surface area contributed by atoms with E-state index in [4.69, 9.17) is 9.15 Å². The van der Waals surface area contributed by atoms with Crippen molar-refractivity contribution in [3.05, 3.63) is 28.0 Å². The number of hydrogen-bond acceptors (Lipinski definition) is 5. The topological polar surface area (TPSA) is 85.2 Å². The van der Waals surface area contributed by atoms with Gasteiger partial charge < -0.3 is 14.1 Å². The molecule has 0 radical (unpaired) electrons. The fourth-order valence-corrected chi connectivity index (χ4v) is 1.57. The number of esters is 1. The van der Waals surface area contributed by atoms with Crippen molar-refractivity contribution >= 4 is 17.1 Å². The molecule has 0 aliphatic rings.